The van der Waals surface area contributed by atoms with Crippen LogP contribution in [0.25, 0.3) is 10.6 Å². The standard InChI is InChI=1S/C16H21N3O3S/c20-12-10-19(11-12)7-3-1-2-6-17-16(21)13-9-14(22-18-13)15-5-4-8-23-15/h4-5,8-9,12,20H,1-3,6-7,10-11H2,(H,17,21). The van der Waals surface area contributed by atoms with Gasteiger partial charge in [-0.1, -0.05) is 17.6 Å². The van der Waals surface area contributed by atoms with Gasteiger partial charge in [-0.05, 0) is 30.8 Å². The number of aliphatic hydroxyl groups excluding tert-OH is 1. The van der Waals surface area contributed by atoms with Crippen molar-refractivity contribution in [1.29, 1.82) is 0 Å². The number of aromatic nitrogens is 1. The minimum Gasteiger partial charge on any atom is -0.390 e. The second kappa shape index (κ2) is 7.72. The number of carbonyl (C=O) groups is 1. The third-order valence-corrected chi connectivity index (χ3v) is 4.77. The van der Waals surface area contributed by atoms with Gasteiger partial charge >= 0.3 is 0 Å². The molecule has 0 atom stereocenters. The molecule has 7 heteroatoms. The van der Waals surface area contributed by atoms with E-state index in [1.165, 1.54) is 0 Å². The zero-order valence-corrected chi connectivity index (χ0v) is 13.7. The molecule has 1 saturated heterocycles. The molecule has 0 unspecified atom stereocenters. The van der Waals surface area contributed by atoms with Gasteiger partial charge in [-0.2, -0.15) is 0 Å². The Morgan fingerprint density at radius 3 is 3.04 bits per heavy atom. The highest BCUT2D eigenvalue weighted by Gasteiger charge is 2.22. The number of rotatable bonds is 8. The number of carbonyl (C=O) groups excluding carboxylic acids is 1. The van der Waals surface area contributed by atoms with Crippen LogP contribution in [0.15, 0.2) is 28.1 Å². The van der Waals surface area contributed by atoms with E-state index in [1.54, 1.807) is 17.4 Å². The molecule has 1 aliphatic heterocycles. The van der Waals surface area contributed by atoms with Gasteiger partial charge in [0.15, 0.2) is 11.5 Å². The Morgan fingerprint density at radius 1 is 1.43 bits per heavy atom. The normalized spacial score (nSPS) is 15.5. The van der Waals surface area contributed by atoms with Crippen LogP contribution in [0.2, 0.25) is 0 Å². The average molecular weight is 335 g/mol. The molecule has 0 bridgehead atoms. The van der Waals surface area contributed by atoms with E-state index in [9.17, 15) is 9.90 Å². The van der Waals surface area contributed by atoms with Crippen molar-refractivity contribution in [2.45, 2.75) is 25.4 Å². The van der Waals surface area contributed by atoms with Gasteiger partial charge < -0.3 is 14.9 Å². The van der Waals surface area contributed by atoms with Crippen LogP contribution in [-0.2, 0) is 0 Å². The Morgan fingerprint density at radius 2 is 2.30 bits per heavy atom. The molecule has 1 amide bonds. The molecule has 0 saturated carbocycles. The topological polar surface area (TPSA) is 78.6 Å². The predicted octanol–water partition coefficient (Wildman–Crippen LogP) is 1.98. The molecule has 0 radical (unpaired) electrons. The highest BCUT2D eigenvalue weighted by Crippen LogP contribution is 2.25. The number of thiophene rings is 1. The fourth-order valence-corrected chi connectivity index (χ4v) is 3.25. The number of hydrogen-bond acceptors (Lipinski definition) is 6. The molecular formula is C16H21N3O3S. The molecule has 0 aliphatic carbocycles. The number of nitrogens with zero attached hydrogens (tertiary/aromatic N) is 2. The lowest BCUT2D eigenvalue weighted by molar-refractivity contribution is 0.00148. The summed E-state index contributed by atoms with van der Waals surface area (Å²) in [6, 6.07) is 5.55. The number of nitrogens with one attached hydrogen (secondary N) is 1. The van der Waals surface area contributed by atoms with E-state index in [0.717, 1.165) is 43.8 Å². The SMILES string of the molecule is O=C(NCCCCCN1CC(O)C1)c1cc(-c2cccs2)on1. The molecular weight excluding hydrogens is 314 g/mol. The summed E-state index contributed by atoms with van der Waals surface area (Å²) in [4.78, 5) is 15.2. The Labute approximate surface area is 139 Å². The van der Waals surface area contributed by atoms with Crippen LogP contribution in [-0.4, -0.2) is 53.4 Å². The van der Waals surface area contributed by atoms with Crippen LogP contribution >= 0.6 is 11.3 Å². The number of β-amino-alcohol motifs (C(OH)–C–C–N with tert-alkyl or cyclic N) is 1. The second-order valence-electron chi connectivity index (χ2n) is 5.78. The summed E-state index contributed by atoms with van der Waals surface area (Å²) in [6.45, 7) is 3.27. The van der Waals surface area contributed by atoms with Gasteiger partial charge in [0, 0.05) is 25.7 Å². The number of hydrogen-bond donors (Lipinski definition) is 2. The van der Waals surface area contributed by atoms with Crippen LogP contribution in [0.1, 0.15) is 29.8 Å². The fraction of sp³-hybridized carbons (Fsp3) is 0.500. The van der Waals surface area contributed by atoms with Crippen molar-refractivity contribution in [2.75, 3.05) is 26.2 Å². The second-order valence-corrected chi connectivity index (χ2v) is 6.73. The third kappa shape index (κ3) is 4.40. The van der Waals surface area contributed by atoms with Gasteiger partial charge in [0.1, 0.15) is 0 Å². The van der Waals surface area contributed by atoms with E-state index in [4.69, 9.17) is 4.52 Å². The summed E-state index contributed by atoms with van der Waals surface area (Å²) < 4.78 is 5.20. The highest BCUT2D eigenvalue weighted by atomic mass is 32.1. The summed E-state index contributed by atoms with van der Waals surface area (Å²) in [6.07, 6.45) is 2.97. The number of unbranched alkanes of at least 4 members (excludes halogenated alkanes) is 2. The van der Waals surface area contributed by atoms with Crippen molar-refractivity contribution in [3.8, 4) is 10.6 Å². The number of likely N-dealkylation sites (tertiary alicyclic amines) is 1. The van der Waals surface area contributed by atoms with Gasteiger partial charge in [-0.25, -0.2) is 0 Å². The third-order valence-electron chi connectivity index (χ3n) is 3.88. The highest BCUT2D eigenvalue weighted by molar-refractivity contribution is 7.13. The zero-order chi connectivity index (χ0) is 16.1. The van der Waals surface area contributed by atoms with Gasteiger partial charge in [-0.15, -0.1) is 11.3 Å². The summed E-state index contributed by atoms with van der Waals surface area (Å²) in [5.41, 5.74) is 0.322. The van der Waals surface area contributed by atoms with Crippen molar-refractivity contribution in [1.82, 2.24) is 15.4 Å². The zero-order valence-electron chi connectivity index (χ0n) is 12.9. The van der Waals surface area contributed by atoms with Gasteiger partial charge in [0.25, 0.3) is 5.91 Å². The number of aliphatic hydroxyl groups is 1. The molecule has 23 heavy (non-hydrogen) atoms. The van der Waals surface area contributed by atoms with E-state index >= 15 is 0 Å². The minimum absolute atomic E-state index is 0.129. The van der Waals surface area contributed by atoms with Crippen LogP contribution < -0.4 is 5.32 Å². The summed E-state index contributed by atoms with van der Waals surface area (Å²) in [7, 11) is 0. The molecule has 2 N–H and O–H groups in total. The lowest BCUT2D eigenvalue weighted by Gasteiger charge is -2.35. The van der Waals surface area contributed by atoms with Crippen molar-refractivity contribution < 1.29 is 14.4 Å². The van der Waals surface area contributed by atoms with Crippen molar-refractivity contribution in [3.63, 3.8) is 0 Å². The maximum Gasteiger partial charge on any atom is 0.273 e. The lowest BCUT2D eigenvalue weighted by atomic mass is 10.1. The molecule has 1 fully saturated rings. The van der Waals surface area contributed by atoms with Crippen LogP contribution in [0, 0.1) is 0 Å². The molecule has 124 valence electrons. The smallest absolute Gasteiger partial charge is 0.273 e. The van der Waals surface area contributed by atoms with Crippen LogP contribution in [0.4, 0.5) is 0 Å². The first-order chi connectivity index (χ1) is 11.2. The van der Waals surface area contributed by atoms with E-state index in [0.29, 0.717) is 18.0 Å². The predicted molar refractivity (Wildman–Crippen MR) is 88.4 cm³/mol. The first-order valence-electron chi connectivity index (χ1n) is 7.91. The molecule has 6 nitrogen and oxygen atoms in total. The summed E-state index contributed by atoms with van der Waals surface area (Å²) in [5.74, 6) is 0.435. The van der Waals surface area contributed by atoms with Crippen LogP contribution in [0.5, 0.6) is 0 Å². The Balaban J connectivity index is 1.32. The number of amides is 1. The average Bonchev–Trinajstić information content (AvgIpc) is 3.18. The van der Waals surface area contributed by atoms with Gasteiger partial charge in [-0.3, -0.25) is 9.69 Å². The van der Waals surface area contributed by atoms with Crippen molar-refractivity contribution in [2.24, 2.45) is 0 Å². The molecule has 0 spiro atoms. The summed E-state index contributed by atoms with van der Waals surface area (Å²) >= 11 is 1.55. The lowest BCUT2D eigenvalue weighted by Crippen LogP contribution is -2.50. The maximum absolute atomic E-state index is 12.0. The van der Waals surface area contributed by atoms with E-state index in [-0.39, 0.29) is 12.0 Å². The first-order valence-corrected chi connectivity index (χ1v) is 8.79. The molecule has 3 heterocycles. The molecule has 2 aromatic heterocycles. The molecule has 0 aromatic carbocycles. The van der Waals surface area contributed by atoms with E-state index < -0.39 is 0 Å². The van der Waals surface area contributed by atoms with Crippen LogP contribution in [0.3, 0.4) is 0 Å². The fourth-order valence-electron chi connectivity index (χ4n) is 2.57. The monoisotopic (exact) mass is 335 g/mol. The molecule has 3 rings (SSSR count). The molecule has 2 aromatic rings. The van der Waals surface area contributed by atoms with Gasteiger partial charge in [0.05, 0.1) is 11.0 Å². The minimum atomic E-state index is -0.192. The Bertz CT molecular complexity index is 620. The maximum atomic E-state index is 12.0. The largest absolute Gasteiger partial charge is 0.390 e. The Hall–Kier alpha value is -1.70. The first kappa shape index (κ1) is 16.2. The Kier molecular flexibility index (Phi) is 5.43. The van der Waals surface area contributed by atoms with E-state index in [2.05, 4.69) is 15.4 Å². The van der Waals surface area contributed by atoms with Crippen molar-refractivity contribution in [3.05, 3.63) is 29.3 Å². The van der Waals surface area contributed by atoms with E-state index in [1.807, 2.05) is 17.5 Å². The quantitative estimate of drug-likeness (QED) is 0.721. The molecule has 1 aliphatic rings. The van der Waals surface area contributed by atoms with Crippen molar-refractivity contribution >= 4 is 17.2 Å². The summed E-state index contributed by atoms with van der Waals surface area (Å²) in [5, 5.41) is 17.8. The van der Waals surface area contributed by atoms with Gasteiger partial charge in [0.2, 0.25) is 0 Å².